The molecule has 0 saturated carbocycles. The smallest absolute Gasteiger partial charge is 0.262 e. The molecule has 0 fully saturated rings. The summed E-state index contributed by atoms with van der Waals surface area (Å²) in [5.74, 6) is 0.293. The lowest BCUT2D eigenvalue weighted by Gasteiger charge is -2.15. The van der Waals surface area contributed by atoms with Gasteiger partial charge in [-0.25, -0.2) is 0 Å². The number of nitrogens with one attached hydrogen (secondary N) is 3. The Hall–Kier alpha value is -4.58. The first kappa shape index (κ1) is 24.5. The maximum Gasteiger partial charge on any atom is 0.262 e. The van der Waals surface area contributed by atoms with E-state index in [-0.39, 0.29) is 24.3 Å². The maximum atomic E-state index is 13.0. The number of anilines is 4. The minimum absolute atomic E-state index is 0.157. The van der Waals surface area contributed by atoms with E-state index >= 15 is 0 Å². The van der Waals surface area contributed by atoms with Crippen LogP contribution in [0.1, 0.15) is 35.7 Å². The summed E-state index contributed by atoms with van der Waals surface area (Å²) in [7, 11) is 0. The van der Waals surface area contributed by atoms with Crippen LogP contribution < -0.4 is 20.7 Å². The van der Waals surface area contributed by atoms with Gasteiger partial charge in [0.05, 0.1) is 11.3 Å². The number of ether oxygens (including phenoxy) is 1. The van der Waals surface area contributed by atoms with Crippen molar-refractivity contribution in [3.8, 4) is 5.75 Å². The summed E-state index contributed by atoms with van der Waals surface area (Å²) >= 11 is 0. The molecule has 0 radical (unpaired) electrons. The van der Waals surface area contributed by atoms with Crippen LogP contribution in [0.15, 0.2) is 103 Å². The van der Waals surface area contributed by atoms with Gasteiger partial charge in [0.15, 0.2) is 6.61 Å². The van der Waals surface area contributed by atoms with Crippen molar-refractivity contribution in [1.29, 1.82) is 0 Å². The molecule has 0 bridgehead atoms. The van der Waals surface area contributed by atoms with Crippen molar-refractivity contribution in [3.63, 3.8) is 0 Å². The molecular formula is C30H29N3O3. The van der Waals surface area contributed by atoms with Crippen LogP contribution >= 0.6 is 0 Å². The summed E-state index contributed by atoms with van der Waals surface area (Å²) in [6, 6.07) is 31.8. The second-order valence-electron chi connectivity index (χ2n) is 8.60. The highest BCUT2D eigenvalue weighted by molar-refractivity contribution is 6.10. The molecular weight excluding hydrogens is 450 g/mol. The third kappa shape index (κ3) is 6.51. The third-order valence-corrected chi connectivity index (χ3v) is 5.55. The van der Waals surface area contributed by atoms with E-state index < -0.39 is 0 Å². The Balaban J connectivity index is 1.37. The molecule has 0 aliphatic carbocycles. The Morgan fingerprint density at radius 3 is 2.06 bits per heavy atom. The highest BCUT2D eigenvalue weighted by atomic mass is 16.5. The first-order valence-corrected chi connectivity index (χ1v) is 11.8. The highest BCUT2D eigenvalue weighted by Crippen LogP contribution is 2.26. The van der Waals surface area contributed by atoms with Crippen LogP contribution in [0.4, 0.5) is 22.7 Å². The molecule has 0 heterocycles. The Bertz CT molecular complexity index is 1320. The van der Waals surface area contributed by atoms with Gasteiger partial charge < -0.3 is 20.7 Å². The Morgan fingerprint density at radius 2 is 1.31 bits per heavy atom. The van der Waals surface area contributed by atoms with Gasteiger partial charge in [-0.15, -0.1) is 0 Å². The minimum Gasteiger partial charge on any atom is -0.483 e. The maximum absolute atomic E-state index is 13.0. The minimum atomic E-state index is -0.342. The molecule has 0 aromatic heterocycles. The fourth-order valence-corrected chi connectivity index (χ4v) is 3.73. The lowest BCUT2D eigenvalue weighted by atomic mass is 10.0. The van der Waals surface area contributed by atoms with Crippen LogP contribution in [0.5, 0.6) is 5.75 Å². The number of hydrogen-bond donors (Lipinski definition) is 3. The van der Waals surface area contributed by atoms with Gasteiger partial charge in [0.2, 0.25) is 0 Å². The molecule has 4 aromatic carbocycles. The van der Waals surface area contributed by atoms with Crippen LogP contribution in [-0.4, -0.2) is 18.4 Å². The van der Waals surface area contributed by atoms with Crippen LogP contribution in [0.2, 0.25) is 0 Å². The Morgan fingerprint density at radius 1 is 0.694 bits per heavy atom. The molecule has 182 valence electrons. The number of rotatable bonds is 9. The standard InChI is InChI=1S/C30H29N3O3/c1-21(2)25-12-7-9-15-28(25)36-20-29(34)33-27-14-8-6-13-26(27)30(35)32-24-18-16-23(17-19-24)31-22-10-4-3-5-11-22/h3-19,21,31H,20H2,1-2H3,(H,32,35)(H,33,34). The molecule has 4 aromatic rings. The topological polar surface area (TPSA) is 79.5 Å². The molecule has 2 amide bonds. The fraction of sp³-hybridized carbons (Fsp3) is 0.133. The van der Waals surface area contributed by atoms with E-state index in [1.54, 1.807) is 24.3 Å². The van der Waals surface area contributed by atoms with Crippen molar-refractivity contribution >= 4 is 34.6 Å². The lowest BCUT2D eigenvalue weighted by molar-refractivity contribution is -0.118. The van der Waals surface area contributed by atoms with Crippen molar-refractivity contribution in [3.05, 3.63) is 114 Å². The summed E-state index contributed by atoms with van der Waals surface area (Å²) < 4.78 is 5.76. The molecule has 0 aliphatic heterocycles. The molecule has 0 aliphatic rings. The summed E-state index contributed by atoms with van der Waals surface area (Å²) in [4.78, 5) is 25.6. The zero-order valence-corrected chi connectivity index (χ0v) is 20.3. The van der Waals surface area contributed by atoms with Gasteiger partial charge >= 0.3 is 0 Å². The molecule has 6 nitrogen and oxygen atoms in total. The normalized spacial score (nSPS) is 10.5. The first-order valence-electron chi connectivity index (χ1n) is 11.8. The summed E-state index contributed by atoms with van der Waals surface area (Å²) in [6.45, 7) is 3.99. The van der Waals surface area contributed by atoms with E-state index in [0.717, 1.165) is 16.9 Å². The molecule has 0 unspecified atom stereocenters. The number of para-hydroxylation sites is 3. The van der Waals surface area contributed by atoms with Crippen molar-refractivity contribution < 1.29 is 14.3 Å². The monoisotopic (exact) mass is 479 g/mol. The van der Waals surface area contributed by atoms with Crippen molar-refractivity contribution in [2.24, 2.45) is 0 Å². The average Bonchev–Trinajstić information content (AvgIpc) is 2.89. The van der Waals surface area contributed by atoms with E-state index in [2.05, 4.69) is 29.8 Å². The van der Waals surface area contributed by atoms with Crippen LogP contribution in [0, 0.1) is 0 Å². The van der Waals surface area contributed by atoms with Crippen molar-refractivity contribution in [2.75, 3.05) is 22.6 Å². The number of carbonyl (C=O) groups is 2. The number of amides is 2. The van der Waals surface area contributed by atoms with Gasteiger partial charge in [0, 0.05) is 17.1 Å². The SMILES string of the molecule is CC(C)c1ccccc1OCC(=O)Nc1ccccc1C(=O)Nc1ccc(Nc2ccccc2)cc1. The van der Waals surface area contributed by atoms with E-state index in [1.165, 1.54) is 0 Å². The summed E-state index contributed by atoms with van der Waals surface area (Å²) in [5.41, 5.74) is 4.35. The van der Waals surface area contributed by atoms with Gasteiger partial charge in [-0.2, -0.15) is 0 Å². The van der Waals surface area contributed by atoms with E-state index in [0.29, 0.717) is 22.7 Å². The van der Waals surface area contributed by atoms with Gasteiger partial charge in [0.25, 0.3) is 11.8 Å². The highest BCUT2D eigenvalue weighted by Gasteiger charge is 2.15. The second-order valence-corrected chi connectivity index (χ2v) is 8.60. The zero-order valence-electron chi connectivity index (χ0n) is 20.3. The molecule has 6 heteroatoms. The van der Waals surface area contributed by atoms with Gasteiger partial charge in [-0.05, 0) is 66.1 Å². The molecule has 36 heavy (non-hydrogen) atoms. The largest absolute Gasteiger partial charge is 0.483 e. The van der Waals surface area contributed by atoms with Gasteiger partial charge in [-0.1, -0.05) is 62.4 Å². The van der Waals surface area contributed by atoms with Gasteiger partial charge in [-0.3, -0.25) is 9.59 Å². The number of hydrogen-bond acceptors (Lipinski definition) is 4. The first-order chi connectivity index (χ1) is 17.5. The second kappa shape index (κ2) is 11.7. The predicted octanol–water partition coefficient (Wildman–Crippen LogP) is 6.82. The summed E-state index contributed by atoms with van der Waals surface area (Å²) in [5, 5.41) is 9.00. The quantitative estimate of drug-likeness (QED) is 0.246. The third-order valence-electron chi connectivity index (χ3n) is 5.55. The van der Waals surface area contributed by atoms with Gasteiger partial charge in [0.1, 0.15) is 5.75 Å². The van der Waals surface area contributed by atoms with Crippen LogP contribution in [-0.2, 0) is 4.79 Å². The van der Waals surface area contributed by atoms with E-state index in [1.807, 2.05) is 78.9 Å². The Labute approximate surface area is 211 Å². The lowest BCUT2D eigenvalue weighted by Crippen LogP contribution is -2.23. The average molecular weight is 480 g/mol. The van der Waals surface area contributed by atoms with Crippen LogP contribution in [0.3, 0.4) is 0 Å². The zero-order chi connectivity index (χ0) is 25.3. The molecule has 4 rings (SSSR count). The molecule has 3 N–H and O–H groups in total. The fourth-order valence-electron chi connectivity index (χ4n) is 3.73. The van der Waals surface area contributed by atoms with Crippen molar-refractivity contribution in [2.45, 2.75) is 19.8 Å². The number of benzene rings is 4. The number of carbonyl (C=O) groups excluding carboxylic acids is 2. The molecule has 0 spiro atoms. The van der Waals surface area contributed by atoms with E-state index in [4.69, 9.17) is 4.74 Å². The van der Waals surface area contributed by atoms with Crippen LogP contribution in [0.25, 0.3) is 0 Å². The predicted molar refractivity (Wildman–Crippen MR) is 145 cm³/mol. The molecule has 0 saturated heterocycles. The Kier molecular flexibility index (Phi) is 7.98. The van der Waals surface area contributed by atoms with E-state index in [9.17, 15) is 9.59 Å². The summed E-state index contributed by atoms with van der Waals surface area (Å²) in [6.07, 6.45) is 0. The van der Waals surface area contributed by atoms with Crippen molar-refractivity contribution in [1.82, 2.24) is 0 Å². The molecule has 0 atom stereocenters.